The SMILES string of the molecule is COC(=O)c1ccc(C(=O)c2cc(C)ccc2C)o1. The first-order chi connectivity index (χ1) is 9.02. The van der Waals surface area contributed by atoms with Crippen molar-refractivity contribution in [3.63, 3.8) is 0 Å². The van der Waals surface area contributed by atoms with Crippen LogP contribution in [0, 0.1) is 13.8 Å². The van der Waals surface area contributed by atoms with Gasteiger partial charge in [-0.25, -0.2) is 4.79 Å². The van der Waals surface area contributed by atoms with Crippen LogP contribution in [0.4, 0.5) is 0 Å². The minimum atomic E-state index is -0.597. The van der Waals surface area contributed by atoms with Gasteiger partial charge in [0.1, 0.15) is 0 Å². The van der Waals surface area contributed by atoms with Gasteiger partial charge in [-0.05, 0) is 37.6 Å². The molecule has 0 aliphatic heterocycles. The number of esters is 1. The lowest BCUT2D eigenvalue weighted by atomic mass is 10.0. The number of hydrogen-bond donors (Lipinski definition) is 0. The summed E-state index contributed by atoms with van der Waals surface area (Å²) in [7, 11) is 1.26. The highest BCUT2D eigenvalue weighted by Gasteiger charge is 2.18. The quantitative estimate of drug-likeness (QED) is 0.627. The molecule has 98 valence electrons. The molecule has 0 spiro atoms. The van der Waals surface area contributed by atoms with Crippen molar-refractivity contribution in [2.45, 2.75) is 13.8 Å². The van der Waals surface area contributed by atoms with E-state index in [0.29, 0.717) is 5.56 Å². The Morgan fingerprint density at radius 3 is 2.42 bits per heavy atom. The van der Waals surface area contributed by atoms with Crippen LogP contribution in [0.5, 0.6) is 0 Å². The van der Waals surface area contributed by atoms with E-state index in [0.717, 1.165) is 11.1 Å². The molecular formula is C15H14O4. The van der Waals surface area contributed by atoms with Gasteiger partial charge in [0, 0.05) is 5.56 Å². The van der Waals surface area contributed by atoms with Crippen LogP contribution in [-0.4, -0.2) is 18.9 Å². The molecule has 0 unspecified atom stereocenters. The third-order valence-corrected chi connectivity index (χ3v) is 2.85. The number of aryl methyl sites for hydroxylation is 2. The lowest BCUT2D eigenvalue weighted by Crippen LogP contribution is -2.03. The minimum absolute atomic E-state index is 0.0242. The number of ketones is 1. The number of methoxy groups -OCH3 is 1. The molecule has 4 nitrogen and oxygen atoms in total. The summed E-state index contributed by atoms with van der Waals surface area (Å²) < 4.78 is 9.76. The summed E-state index contributed by atoms with van der Waals surface area (Å²) in [5.41, 5.74) is 2.44. The fourth-order valence-electron chi connectivity index (χ4n) is 1.78. The molecule has 0 bridgehead atoms. The molecule has 0 saturated carbocycles. The molecule has 19 heavy (non-hydrogen) atoms. The highest BCUT2D eigenvalue weighted by Crippen LogP contribution is 2.18. The molecule has 0 saturated heterocycles. The first kappa shape index (κ1) is 13.1. The first-order valence-corrected chi connectivity index (χ1v) is 5.83. The molecule has 1 heterocycles. The van der Waals surface area contributed by atoms with Gasteiger partial charge in [0.2, 0.25) is 11.5 Å². The molecule has 0 N–H and O–H groups in total. The maximum Gasteiger partial charge on any atom is 0.373 e. The van der Waals surface area contributed by atoms with E-state index in [1.54, 1.807) is 6.07 Å². The van der Waals surface area contributed by atoms with Gasteiger partial charge < -0.3 is 9.15 Å². The lowest BCUT2D eigenvalue weighted by Gasteiger charge is -2.04. The number of hydrogen-bond acceptors (Lipinski definition) is 4. The van der Waals surface area contributed by atoms with Gasteiger partial charge in [-0.3, -0.25) is 4.79 Å². The van der Waals surface area contributed by atoms with Gasteiger partial charge in [-0.2, -0.15) is 0 Å². The second-order valence-electron chi connectivity index (χ2n) is 4.30. The van der Waals surface area contributed by atoms with Crippen LogP contribution < -0.4 is 0 Å². The van der Waals surface area contributed by atoms with Crippen molar-refractivity contribution < 1.29 is 18.7 Å². The highest BCUT2D eigenvalue weighted by atomic mass is 16.5. The molecule has 2 rings (SSSR count). The van der Waals surface area contributed by atoms with Crippen molar-refractivity contribution >= 4 is 11.8 Å². The monoisotopic (exact) mass is 258 g/mol. The smallest absolute Gasteiger partial charge is 0.373 e. The van der Waals surface area contributed by atoms with Crippen molar-refractivity contribution in [3.8, 4) is 0 Å². The Morgan fingerprint density at radius 2 is 1.74 bits per heavy atom. The third-order valence-electron chi connectivity index (χ3n) is 2.85. The highest BCUT2D eigenvalue weighted by molar-refractivity contribution is 6.08. The van der Waals surface area contributed by atoms with Gasteiger partial charge in [-0.15, -0.1) is 0 Å². The Morgan fingerprint density at radius 1 is 1.05 bits per heavy atom. The van der Waals surface area contributed by atoms with Crippen LogP contribution in [0.1, 0.15) is 37.8 Å². The van der Waals surface area contributed by atoms with Crippen molar-refractivity contribution in [1.82, 2.24) is 0 Å². The van der Waals surface area contributed by atoms with E-state index in [9.17, 15) is 9.59 Å². The van der Waals surface area contributed by atoms with Crippen molar-refractivity contribution in [2.75, 3.05) is 7.11 Å². The fraction of sp³-hybridized carbons (Fsp3) is 0.200. The average Bonchev–Trinajstić information content (AvgIpc) is 2.89. The van der Waals surface area contributed by atoms with Crippen LogP contribution in [0.3, 0.4) is 0 Å². The topological polar surface area (TPSA) is 56.5 Å². The Balaban J connectivity index is 2.36. The largest absolute Gasteiger partial charge is 0.463 e. The molecule has 1 aromatic carbocycles. The van der Waals surface area contributed by atoms with Crippen molar-refractivity contribution in [1.29, 1.82) is 0 Å². The Labute approximate surface area is 111 Å². The number of carbonyl (C=O) groups is 2. The third kappa shape index (κ3) is 2.57. The lowest BCUT2D eigenvalue weighted by molar-refractivity contribution is 0.0563. The molecule has 0 aliphatic carbocycles. The summed E-state index contributed by atoms with van der Waals surface area (Å²) in [6.07, 6.45) is 0. The van der Waals surface area contributed by atoms with E-state index in [2.05, 4.69) is 4.74 Å². The van der Waals surface area contributed by atoms with E-state index >= 15 is 0 Å². The molecule has 1 aromatic heterocycles. The van der Waals surface area contributed by atoms with Gasteiger partial charge in [0.25, 0.3) is 0 Å². The molecule has 2 aromatic rings. The van der Waals surface area contributed by atoms with E-state index in [1.165, 1.54) is 19.2 Å². The van der Waals surface area contributed by atoms with Crippen LogP contribution in [0.15, 0.2) is 34.7 Å². The average molecular weight is 258 g/mol. The summed E-state index contributed by atoms with van der Waals surface area (Å²) in [6, 6.07) is 8.54. The summed E-state index contributed by atoms with van der Waals surface area (Å²) >= 11 is 0. The zero-order chi connectivity index (χ0) is 14.0. The number of rotatable bonds is 3. The Kier molecular flexibility index (Phi) is 3.51. The number of ether oxygens (including phenoxy) is 1. The van der Waals surface area contributed by atoms with Crippen molar-refractivity contribution in [2.24, 2.45) is 0 Å². The summed E-state index contributed by atoms with van der Waals surface area (Å²) in [5, 5.41) is 0. The summed E-state index contributed by atoms with van der Waals surface area (Å²) in [6.45, 7) is 3.77. The van der Waals surface area contributed by atoms with Gasteiger partial charge in [-0.1, -0.05) is 17.7 Å². The van der Waals surface area contributed by atoms with E-state index in [1.807, 2.05) is 26.0 Å². The van der Waals surface area contributed by atoms with E-state index in [-0.39, 0.29) is 17.3 Å². The number of benzene rings is 1. The molecule has 0 amide bonds. The van der Waals surface area contributed by atoms with Gasteiger partial charge in [0.05, 0.1) is 7.11 Å². The zero-order valence-corrected chi connectivity index (χ0v) is 11.0. The van der Waals surface area contributed by atoms with Crippen molar-refractivity contribution in [3.05, 3.63) is 58.5 Å². The molecule has 0 aliphatic rings. The normalized spacial score (nSPS) is 10.3. The molecule has 0 atom stereocenters. The van der Waals surface area contributed by atoms with Gasteiger partial charge >= 0.3 is 5.97 Å². The number of furan rings is 1. The summed E-state index contributed by atoms with van der Waals surface area (Å²) in [5.74, 6) is -0.679. The zero-order valence-electron chi connectivity index (χ0n) is 11.0. The van der Waals surface area contributed by atoms with Gasteiger partial charge in [0.15, 0.2) is 5.76 Å². The van der Waals surface area contributed by atoms with E-state index in [4.69, 9.17) is 4.42 Å². The maximum atomic E-state index is 12.3. The minimum Gasteiger partial charge on any atom is -0.463 e. The molecule has 0 fully saturated rings. The second kappa shape index (κ2) is 5.10. The molecule has 4 heteroatoms. The first-order valence-electron chi connectivity index (χ1n) is 5.83. The predicted octanol–water partition coefficient (Wildman–Crippen LogP) is 2.91. The Hall–Kier alpha value is -2.36. The van der Waals surface area contributed by atoms with Crippen LogP contribution in [-0.2, 0) is 4.74 Å². The predicted molar refractivity (Wildman–Crippen MR) is 69.4 cm³/mol. The van der Waals surface area contributed by atoms with E-state index < -0.39 is 5.97 Å². The summed E-state index contributed by atoms with van der Waals surface area (Å²) in [4.78, 5) is 23.6. The second-order valence-corrected chi connectivity index (χ2v) is 4.30. The van der Waals surface area contributed by atoms with Crippen LogP contribution >= 0.6 is 0 Å². The fourth-order valence-corrected chi connectivity index (χ4v) is 1.78. The maximum absolute atomic E-state index is 12.3. The number of carbonyl (C=O) groups excluding carboxylic acids is 2. The van der Waals surface area contributed by atoms with Crippen LogP contribution in [0.25, 0.3) is 0 Å². The molecular weight excluding hydrogens is 244 g/mol. The Bertz CT molecular complexity index is 637. The standard InChI is InChI=1S/C15H14O4/c1-9-4-5-10(2)11(8-9)14(16)12-6-7-13(19-12)15(17)18-3/h4-8H,1-3H3. The van der Waals surface area contributed by atoms with Crippen LogP contribution in [0.2, 0.25) is 0 Å². The molecule has 0 radical (unpaired) electrons.